The molecule has 2 amide bonds. The Labute approximate surface area is 210 Å². The van der Waals surface area contributed by atoms with Crippen LogP contribution in [0.3, 0.4) is 0 Å². The predicted molar refractivity (Wildman–Crippen MR) is 140 cm³/mol. The number of urea groups is 1. The number of nitrogens with zero attached hydrogens (tertiary/aromatic N) is 4. The first kappa shape index (κ1) is 23.5. The Morgan fingerprint density at radius 2 is 2.03 bits per heavy atom. The summed E-state index contributed by atoms with van der Waals surface area (Å²) in [5, 5.41) is 21.0. The smallest absolute Gasteiger partial charge is 0.319 e. The molecular weight excluding hydrogens is 452 g/mol. The van der Waals surface area contributed by atoms with Gasteiger partial charge in [-0.2, -0.15) is 10.4 Å². The predicted octanol–water partition coefficient (Wildman–Crippen LogP) is 5.71. The summed E-state index contributed by atoms with van der Waals surface area (Å²) in [6, 6.07) is 18.2. The van der Waals surface area contributed by atoms with Crippen LogP contribution in [-0.2, 0) is 6.54 Å². The van der Waals surface area contributed by atoms with E-state index in [0.29, 0.717) is 30.4 Å². The maximum absolute atomic E-state index is 12.1. The van der Waals surface area contributed by atoms with E-state index in [1.807, 2.05) is 73.3 Å². The summed E-state index contributed by atoms with van der Waals surface area (Å²) >= 11 is 0. The van der Waals surface area contributed by atoms with Crippen molar-refractivity contribution in [3.8, 4) is 23.1 Å². The lowest BCUT2D eigenvalue weighted by molar-refractivity contribution is 0.250. The molecule has 1 saturated carbocycles. The van der Waals surface area contributed by atoms with E-state index in [-0.39, 0.29) is 12.1 Å². The van der Waals surface area contributed by atoms with Gasteiger partial charge in [-0.05, 0) is 69.0 Å². The Morgan fingerprint density at radius 3 is 2.67 bits per heavy atom. The number of aromatic nitrogens is 3. The summed E-state index contributed by atoms with van der Waals surface area (Å²) in [6.07, 6.45) is 7.02. The van der Waals surface area contributed by atoms with Gasteiger partial charge in [0.25, 0.3) is 0 Å². The highest BCUT2D eigenvalue weighted by molar-refractivity contribution is 5.96. The molecule has 0 spiro atoms. The zero-order valence-corrected chi connectivity index (χ0v) is 20.6. The summed E-state index contributed by atoms with van der Waals surface area (Å²) in [5.41, 5.74) is 4.25. The van der Waals surface area contributed by atoms with E-state index >= 15 is 0 Å². The normalized spacial score (nSPS) is 13.4. The molecule has 0 radical (unpaired) electrons. The highest BCUT2D eigenvalue weighted by Gasteiger charge is 2.28. The summed E-state index contributed by atoms with van der Waals surface area (Å²) < 4.78 is 10.2. The van der Waals surface area contributed by atoms with Crippen LogP contribution in [0.1, 0.15) is 44.7 Å². The first-order valence-electron chi connectivity index (χ1n) is 12.4. The fraction of sp³-hybridized carbons (Fsp3) is 0.321. The highest BCUT2D eigenvalue weighted by Crippen LogP contribution is 2.43. The summed E-state index contributed by atoms with van der Waals surface area (Å²) in [5.74, 6) is 0.777. The van der Waals surface area contributed by atoms with Gasteiger partial charge in [-0.15, -0.1) is 0 Å². The van der Waals surface area contributed by atoms with Crippen LogP contribution < -0.4 is 15.4 Å². The number of amides is 2. The van der Waals surface area contributed by atoms with Gasteiger partial charge in [0.2, 0.25) is 0 Å². The molecule has 8 heteroatoms. The van der Waals surface area contributed by atoms with Crippen molar-refractivity contribution < 1.29 is 9.53 Å². The zero-order valence-electron chi connectivity index (χ0n) is 20.6. The first-order chi connectivity index (χ1) is 17.5. The van der Waals surface area contributed by atoms with Crippen LogP contribution in [0.5, 0.6) is 5.75 Å². The maximum atomic E-state index is 12.1. The molecule has 4 aromatic rings. The van der Waals surface area contributed by atoms with E-state index in [4.69, 9.17) is 4.74 Å². The SMILES string of the molecule is CC(C)NC(=O)Nc1ccc(-c2c(C#N)c3ccc(OCCn4cccn4)cc3n2C2CCC2)cc1. The molecule has 0 aliphatic heterocycles. The third-order valence-electron chi connectivity index (χ3n) is 6.51. The molecule has 1 fully saturated rings. The third-order valence-corrected chi connectivity index (χ3v) is 6.51. The molecule has 0 saturated heterocycles. The van der Waals surface area contributed by atoms with Gasteiger partial charge in [-0.25, -0.2) is 4.79 Å². The number of benzene rings is 2. The Hall–Kier alpha value is -4.25. The van der Waals surface area contributed by atoms with Gasteiger partial charge in [0, 0.05) is 41.6 Å². The quantitative estimate of drug-likeness (QED) is 0.336. The van der Waals surface area contributed by atoms with Crippen LogP contribution in [0.4, 0.5) is 10.5 Å². The molecule has 184 valence electrons. The maximum Gasteiger partial charge on any atom is 0.319 e. The minimum atomic E-state index is -0.237. The number of carbonyl (C=O) groups is 1. The van der Waals surface area contributed by atoms with Crippen molar-refractivity contribution in [2.24, 2.45) is 0 Å². The molecule has 2 aromatic carbocycles. The van der Waals surface area contributed by atoms with Crippen molar-refractivity contribution in [3.63, 3.8) is 0 Å². The number of hydrogen-bond acceptors (Lipinski definition) is 4. The van der Waals surface area contributed by atoms with E-state index in [1.165, 1.54) is 6.42 Å². The highest BCUT2D eigenvalue weighted by atomic mass is 16.5. The average molecular weight is 483 g/mol. The standard InChI is InChI=1S/C28H30N6O2/c1-19(2)31-28(35)32-21-9-7-20(8-10-21)27-25(18-29)24-12-11-23(36-16-15-33-14-4-13-30-33)17-26(24)34(27)22-5-3-6-22/h4,7-14,17,19,22H,3,5-6,15-16H2,1-2H3,(H2,31,32,35). The molecule has 8 nitrogen and oxygen atoms in total. The van der Waals surface area contributed by atoms with Crippen molar-refractivity contribution in [1.29, 1.82) is 5.26 Å². The van der Waals surface area contributed by atoms with E-state index in [2.05, 4.69) is 26.4 Å². The number of hydrogen-bond donors (Lipinski definition) is 2. The van der Waals surface area contributed by atoms with Gasteiger partial charge >= 0.3 is 6.03 Å². The lowest BCUT2D eigenvalue weighted by Crippen LogP contribution is -2.34. The summed E-state index contributed by atoms with van der Waals surface area (Å²) in [4.78, 5) is 12.1. The molecule has 2 aromatic heterocycles. The number of rotatable bonds is 8. The van der Waals surface area contributed by atoms with Gasteiger partial charge in [0.05, 0.1) is 23.3 Å². The molecule has 0 unspecified atom stereocenters. The number of fused-ring (bicyclic) bond motifs is 1. The van der Waals surface area contributed by atoms with Crippen LogP contribution in [0.25, 0.3) is 22.2 Å². The van der Waals surface area contributed by atoms with Crippen LogP contribution in [-0.4, -0.2) is 33.0 Å². The fourth-order valence-electron chi connectivity index (χ4n) is 4.63. The van der Waals surface area contributed by atoms with Crippen molar-refractivity contribution in [1.82, 2.24) is 19.7 Å². The van der Waals surface area contributed by atoms with E-state index < -0.39 is 0 Å². The molecule has 1 aliphatic rings. The summed E-state index contributed by atoms with van der Waals surface area (Å²) in [7, 11) is 0. The molecule has 36 heavy (non-hydrogen) atoms. The van der Waals surface area contributed by atoms with Gasteiger partial charge in [-0.3, -0.25) is 4.68 Å². The minimum Gasteiger partial charge on any atom is -0.492 e. The second kappa shape index (κ2) is 10.2. The molecule has 2 heterocycles. The minimum absolute atomic E-state index is 0.0556. The van der Waals surface area contributed by atoms with Crippen molar-refractivity contribution in [2.75, 3.05) is 11.9 Å². The molecule has 0 atom stereocenters. The molecule has 0 bridgehead atoms. The van der Waals surface area contributed by atoms with E-state index in [9.17, 15) is 10.1 Å². The number of nitrogens with one attached hydrogen (secondary N) is 2. The third kappa shape index (κ3) is 4.78. The van der Waals surface area contributed by atoms with Crippen molar-refractivity contribution in [2.45, 2.75) is 51.7 Å². The Bertz CT molecular complexity index is 1390. The Kier molecular flexibility index (Phi) is 6.63. The largest absolute Gasteiger partial charge is 0.492 e. The van der Waals surface area contributed by atoms with E-state index in [1.54, 1.807) is 6.20 Å². The monoisotopic (exact) mass is 482 g/mol. The lowest BCUT2D eigenvalue weighted by atomic mass is 9.92. The van der Waals surface area contributed by atoms with Crippen LogP contribution in [0.15, 0.2) is 60.9 Å². The van der Waals surface area contributed by atoms with Crippen molar-refractivity contribution in [3.05, 3.63) is 66.5 Å². The first-order valence-corrected chi connectivity index (χ1v) is 12.4. The number of anilines is 1. The fourth-order valence-corrected chi connectivity index (χ4v) is 4.63. The second-order valence-corrected chi connectivity index (χ2v) is 9.42. The summed E-state index contributed by atoms with van der Waals surface area (Å²) in [6.45, 7) is 5.01. The average Bonchev–Trinajstić information content (AvgIpc) is 3.44. The van der Waals surface area contributed by atoms with Crippen LogP contribution in [0.2, 0.25) is 0 Å². The van der Waals surface area contributed by atoms with Crippen LogP contribution >= 0.6 is 0 Å². The molecule has 5 rings (SSSR count). The molecule has 1 aliphatic carbocycles. The van der Waals surface area contributed by atoms with Gasteiger partial charge in [0.15, 0.2) is 0 Å². The number of nitriles is 1. The van der Waals surface area contributed by atoms with E-state index in [0.717, 1.165) is 40.8 Å². The van der Waals surface area contributed by atoms with Gasteiger partial charge in [-0.1, -0.05) is 12.1 Å². The van der Waals surface area contributed by atoms with Gasteiger partial charge < -0.3 is 19.9 Å². The molecular formula is C28H30N6O2. The molecule has 2 N–H and O–H groups in total. The van der Waals surface area contributed by atoms with Gasteiger partial charge in [0.1, 0.15) is 18.4 Å². The lowest BCUT2D eigenvalue weighted by Gasteiger charge is -2.30. The number of ether oxygens (including phenoxy) is 1. The second-order valence-electron chi connectivity index (χ2n) is 9.42. The van der Waals surface area contributed by atoms with Crippen LogP contribution in [0, 0.1) is 11.3 Å². The van der Waals surface area contributed by atoms with Crippen molar-refractivity contribution >= 4 is 22.6 Å². The Morgan fingerprint density at radius 1 is 1.22 bits per heavy atom. The number of carbonyl (C=O) groups excluding carboxylic acids is 1. The Balaban J connectivity index is 1.47. The zero-order chi connectivity index (χ0) is 25.1. The topological polar surface area (TPSA) is 96.9 Å².